The molecule has 0 aliphatic carbocycles. The summed E-state index contributed by atoms with van der Waals surface area (Å²) in [5.74, 6) is 1.18. The molecule has 7 heteroatoms. The van der Waals surface area contributed by atoms with Crippen molar-refractivity contribution in [1.82, 2.24) is 15.5 Å². The van der Waals surface area contributed by atoms with E-state index in [1.165, 1.54) is 30.5 Å². The molecular formula is C24H33FN4O2. The Hall–Kier alpha value is -2.64. The molecule has 2 atom stereocenters. The van der Waals surface area contributed by atoms with Crippen LogP contribution in [0.15, 0.2) is 53.5 Å². The van der Waals surface area contributed by atoms with Gasteiger partial charge in [-0.1, -0.05) is 24.3 Å². The number of halogens is 1. The molecule has 0 spiro atoms. The summed E-state index contributed by atoms with van der Waals surface area (Å²) in [5.41, 5.74) is 1.88. The smallest absolute Gasteiger partial charge is 0.191 e. The fraction of sp³-hybridized carbons (Fsp3) is 0.458. The van der Waals surface area contributed by atoms with Crippen molar-refractivity contribution >= 4 is 5.96 Å². The van der Waals surface area contributed by atoms with Gasteiger partial charge < -0.3 is 20.5 Å². The molecule has 0 saturated carbocycles. The molecule has 0 radical (unpaired) electrons. The number of aliphatic imine (C=N–C) groups is 1. The molecule has 3 rings (SSSR count). The average Bonchev–Trinajstić information content (AvgIpc) is 3.33. The van der Waals surface area contributed by atoms with E-state index in [9.17, 15) is 9.50 Å². The minimum atomic E-state index is -0.750. The summed E-state index contributed by atoms with van der Waals surface area (Å²) >= 11 is 0. The van der Waals surface area contributed by atoms with Gasteiger partial charge in [-0.25, -0.2) is 4.39 Å². The van der Waals surface area contributed by atoms with Crippen LogP contribution in [0.25, 0.3) is 0 Å². The molecule has 2 unspecified atom stereocenters. The van der Waals surface area contributed by atoms with E-state index in [-0.39, 0.29) is 18.4 Å². The lowest BCUT2D eigenvalue weighted by Gasteiger charge is -2.27. The summed E-state index contributed by atoms with van der Waals surface area (Å²) < 4.78 is 18.4. The number of methoxy groups -OCH3 is 1. The second kappa shape index (κ2) is 11.7. The zero-order valence-corrected chi connectivity index (χ0v) is 18.4. The largest absolute Gasteiger partial charge is 0.497 e. The van der Waals surface area contributed by atoms with E-state index in [1.54, 1.807) is 19.2 Å². The molecule has 0 bridgehead atoms. The Morgan fingerprint density at radius 3 is 2.32 bits per heavy atom. The van der Waals surface area contributed by atoms with Gasteiger partial charge in [-0.15, -0.1) is 0 Å². The Balaban J connectivity index is 1.68. The molecule has 31 heavy (non-hydrogen) atoms. The van der Waals surface area contributed by atoms with Gasteiger partial charge in [0, 0.05) is 13.1 Å². The van der Waals surface area contributed by atoms with Crippen molar-refractivity contribution in [3.63, 3.8) is 0 Å². The maximum absolute atomic E-state index is 13.1. The van der Waals surface area contributed by atoms with Gasteiger partial charge in [0.25, 0.3) is 0 Å². The van der Waals surface area contributed by atoms with E-state index in [1.807, 2.05) is 19.1 Å². The third-order valence-corrected chi connectivity index (χ3v) is 5.57. The van der Waals surface area contributed by atoms with Gasteiger partial charge in [-0.2, -0.15) is 0 Å². The van der Waals surface area contributed by atoms with Gasteiger partial charge in [0.15, 0.2) is 5.96 Å². The third-order valence-electron chi connectivity index (χ3n) is 5.57. The first-order valence-corrected chi connectivity index (χ1v) is 10.9. The first kappa shape index (κ1) is 23.0. The van der Waals surface area contributed by atoms with E-state index in [4.69, 9.17) is 9.73 Å². The van der Waals surface area contributed by atoms with Crippen molar-refractivity contribution in [3.05, 3.63) is 65.5 Å². The second-order valence-corrected chi connectivity index (χ2v) is 7.70. The molecule has 1 aliphatic heterocycles. The zero-order chi connectivity index (χ0) is 22.1. The Morgan fingerprint density at radius 2 is 1.71 bits per heavy atom. The summed E-state index contributed by atoms with van der Waals surface area (Å²) in [6.45, 7) is 5.76. The summed E-state index contributed by atoms with van der Waals surface area (Å²) in [6.07, 6.45) is 1.66. The molecule has 2 aromatic carbocycles. The Morgan fingerprint density at radius 1 is 1.06 bits per heavy atom. The highest BCUT2D eigenvalue weighted by Crippen LogP contribution is 2.27. The van der Waals surface area contributed by atoms with Crippen molar-refractivity contribution in [3.8, 4) is 5.75 Å². The number of ether oxygens (including phenoxy) is 1. The summed E-state index contributed by atoms with van der Waals surface area (Å²) in [7, 11) is 1.67. The van der Waals surface area contributed by atoms with Gasteiger partial charge in [0.2, 0.25) is 0 Å². The molecule has 2 aromatic rings. The van der Waals surface area contributed by atoms with Crippen LogP contribution in [0.2, 0.25) is 0 Å². The van der Waals surface area contributed by atoms with Crippen LogP contribution in [-0.2, 0) is 0 Å². The van der Waals surface area contributed by atoms with Gasteiger partial charge in [0.1, 0.15) is 11.6 Å². The highest BCUT2D eigenvalue weighted by atomic mass is 19.1. The Labute approximate surface area is 184 Å². The van der Waals surface area contributed by atoms with Crippen LogP contribution in [0.3, 0.4) is 0 Å². The number of nitrogens with zero attached hydrogens (tertiary/aromatic N) is 2. The van der Waals surface area contributed by atoms with Crippen LogP contribution in [0, 0.1) is 5.82 Å². The van der Waals surface area contributed by atoms with Crippen LogP contribution in [-0.4, -0.2) is 55.8 Å². The molecular weight excluding hydrogens is 395 g/mol. The normalized spacial score (nSPS) is 16.7. The molecule has 1 heterocycles. The van der Waals surface area contributed by atoms with Crippen LogP contribution in [0.1, 0.15) is 43.0 Å². The summed E-state index contributed by atoms with van der Waals surface area (Å²) in [6, 6.07) is 14.3. The second-order valence-electron chi connectivity index (χ2n) is 7.70. The van der Waals surface area contributed by atoms with Crippen molar-refractivity contribution in [2.75, 3.05) is 39.8 Å². The maximum Gasteiger partial charge on any atom is 0.191 e. The molecule has 0 aromatic heterocycles. The molecule has 168 valence electrons. The van der Waals surface area contributed by atoms with Crippen LogP contribution in [0.4, 0.5) is 4.39 Å². The van der Waals surface area contributed by atoms with E-state index < -0.39 is 6.10 Å². The van der Waals surface area contributed by atoms with Crippen molar-refractivity contribution in [2.45, 2.75) is 31.9 Å². The lowest BCUT2D eigenvalue weighted by atomic mass is 10.1. The monoisotopic (exact) mass is 428 g/mol. The van der Waals surface area contributed by atoms with Crippen LogP contribution >= 0.6 is 0 Å². The topological polar surface area (TPSA) is 69.1 Å². The summed E-state index contributed by atoms with van der Waals surface area (Å²) in [5, 5.41) is 16.9. The molecule has 1 aliphatic rings. The highest BCUT2D eigenvalue weighted by molar-refractivity contribution is 5.79. The van der Waals surface area contributed by atoms with Crippen LogP contribution in [0.5, 0.6) is 5.75 Å². The number of hydrogen-bond donors (Lipinski definition) is 3. The average molecular weight is 429 g/mol. The fourth-order valence-electron chi connectivity index (χ4n) is 3.83. The number of aliphatic hydroxyl groups is 1. The number of nitrogens with one attached hydrogen (secondary N) is 2. The first-order chi connectivity index (χ1) is 15.1. The van der Waals surface area contributed by atoms with E-state index in [2.05, 4.69) is 27.7 Å². The predicted molar refractivity (Wildman–Crippen MR) is 122 cm³/mol. The predicted octanol–water partition coefficient (Wildman–Crippen LogP) is 3.26. The van der Waals surface area contributed by atoms with Crippen molar-refractivity contribution in [1.29, 1.82) is 0 Å². The molecule has 0 amide bonds. The van der Waals surface area contributed by atoms with E-state index >= 15 is 0 Å². The van der Waals surface area contributed by atoms with Crippen LogP contribution < -0.4 is 15.4 Å². The Kier molecular flexibility index (Phi) is 8.67. The summed E-state index contributed by atoms with van der Waals surface area (Å²) in [4.78, 5) is 7.28. The van der Waals surface area contributed by atoms with Crippen molar-refractivity contribution in [2.24, 2.45) is 4.99 Å². The SMILES string of the molecule is CCNC(=NCC(c1ccc(OC)cc1)N1CCCC1)NCC(O)c1ccc(F)cc1. The lowest BCUT2D eigenvalue weighted by molar-refractivity contribution is 0.180. The van der Waals surface area contributed by atoms with E-state index in [0.29, 0.717) is 18.1 Å². The van der Waals surface area contributed by atoms with Gasteiger partial charge in [-0.05, 0) is 68.2 Å². The van der Waals surface area contributed by atoms with Gasteiger partial charge >= 0.3 is 0 Å². The quantitative estimate of drug-likeness (QED) is 0.423. The minimum Gasteiger partial charge on any atom is -0.497 e. The number of aliphatic hydroxyl groups excluding tert-OH is 1. The fourth-order valence-corrected chi connectivity index (χ4v) is 3.83. The number of rotatable bonds is 9. The standard InChI is InChI=1S/C24H33FN4O2/c1-3-26-24(28-17-23(30)19-6-10-20(25)11-7-19)27-16-22(29-14-4-5-15-29)18-8-12-21(31-2)13-9-18/h6-13,22-23,30H,3-5,14-17H2,1-2H3,(H2,26,27,28). The van der Waals surface area contributed by atoms with Gasteiger partial charge in [-0.3, -0.25) is 9.89 Å². The maximum atomic E-state index is 13.1. The number of benzene rings is 2. The third kappa shape index (κ3) is 6.67. The highest BCUT2D eigenvalue weighted by Gasteiger charge is 2.23. The first-order valence-electron chi connectivity index (χ1n) is 10.9. The van der Waals surface area contributed by atoms with E-state index in [0.717, 1.165) is 25.4 Å². The molecule has 3 N–H and O–H groups in total. The lowest BCUT2D eigenvalue weighted by Crippen LogP contribution is -2.40. The number of guanidine groups is 1. The van der Waals surface area contributed by atoms with Gasteiger partial charge in [0.05, 0.1) is 25.8 Å². The van der Waals surface area contributed by atoms with Crippen molar-refractivity contribution < 1.29 is 14.2 Å². The molecule has 6 nitrogen and oxygen atoms in total. The number of hydrogen-bond acceptors (Lipinski definition) is 4. The molecule has 1 saturated heterocycles. The zero-order valence-electron chi connectivity index (χ0n) is 18.4. The minimum absolute atomic E-state index is 0.186. The number of likely N-dealkylation sites (tertiary alicyclic amines) is 1. The Bertz CT molecular complexity index is 820. The molecule has 1 fully saturated rings.